The summed E-state index contributed by atoms with van der Waals surface area (Å²) in [7, 11) is -1.64. The number of rotatable bonds is 5. The predicted molar refractivity (Wildman–Crippen MR) is 60.7 cm³/mol. The quantitative estimate of drug-likeness (QED) is 0.725. The van der Waals surface area contributed by atoms with E-state index in [1.165, 1.54) is 12.1 Å². The van der Waals surface area contributed by atoms with E-state index in [-0.39, 0.29) is 12.1 Å². The first-order valence-corrected chi connectivity index (χ1v) is 5.23. The van der Waals surface area contributed by atoms with E-state index < -0.39 is 12.9 Å². The molecule has 0 unspecified atom stereocenters. The summed E-state index contributed by atoms with van der Waals surface area (Å²) in [5.41, 5.74) is 0.565. The van der Waals surface area contributed by atoms with Crippen LogP contribution in [0.3, 0.4) is 0 Å². The summed E-state index contributed by atoms with van der Waals surface area (Å²) in [6.07, 6.45) is 0. The molecular weight excluding hydrogens is 210 g/mol. The molecule has 0 amide bonds. The summed E-state index contributed by atoms with van der Waals surface area (Å²) in [5, 5.41) is 17.7. The molecule has 0 atom stereocenters. The Labute approximate surface area is 95.0 Å². The first-order chi connectivity index (χ1) is 7.50. The Morgan fingerprint density at radius 3 is 2.56 bits per heavy atom. The third-order valence-corrected chi connectivity index (χ3v) is 2.08. The van der Waals surface area contributed by atoms with Gasteiger partial charge in [-0.2, -0.15) is 0 Å². The van der Waals surface area contributed by atoms with E-state index in [1.54, 1.807) is 0 Å². The first kappa shape index (κ1) is 13.2. The highest BCUT2D eigenvalue weighted by atomic mass is 19.1. The van der Waals surface area contributed by atoms with Gasteiger partial charge < -0.3 is 14.8 Å². The van der Waals surface area contributed by atoms with Crippen LogP contribution in [0.25, 0.3) is 0 Å². The van der Waals surface area contributed by atoms with Crippen LogP contribution >= 0.6 is 0 Å². The summed E-state index contributed by atoms with van der Waals surface area (Å²) >= 11 is 0. The van der Waals surface area contributed by atoms with E-state index >= 15 is 0 Å². The van der Waals surface area contributed by atoms with Crippen LogP contribution in [0, 0.1) is 11.7 Å². The van der Waals surface area contributed by atoms with Crippen molar-refractivity contribution >= 4 is 12.6 Å². The molecule has 0 aliphatic rings. The Kier molecular flexibility index (Phi) is 4.92. The fraction of sp³-hybridized carbons (Fsp3) is 0.455. The van der Waals surface area contributed by atoms with Gasteiger partial charge in [0.2, 0.25) is 0 Å². The summed E-state index contributed by atoms with van der Waals surface area (Å²) in [6, 6.07) is 4.09. The van der Waals surface area contributed by atoms with Gasteiger partial charge in [-0.3, -0.25) is 0 Å². The predicted octanol–water partition coefficient (Wildman–Crippen LogP) is 0.678. The van der Waals surface area contributed by atoms with Gasteiger partial charge in [-0.15, -0.1) is 0 Å². The lowest BCUT2D eigenvalue weighted by molar-refractivity contribution is 0.0950. The molecule has 0 spiro atoms. The Bertz CT molecular complexity index is 342. The number of ether oxygens (including phenoxy) is 1. The van der Waals surface area contributed by atoms with Crippen LogP contribution in [0.4, 0.5) is 4.39 Å². The molecule has 16 heavy (non-hydrogen) atoms. The molecule has 3 nitrogen and oxygen atoms in total. The maximum absolute atomic E-state index is 13.4. The molecule has 1 aromatic rings. The van der Waals surface area contributed by atoms with Crippen molar-refractivity contribution in [2.24, 2.45) is 5.92 Å². The standard InChI is InChI=1S/C11H16BFO3/c1-8(2)6-16-7-9-3-4-10(12(14)15)5-11(9)13/h3-5,8,14-15H,6-7H2,1-2H3. The van der Waals surface area contributed by atoms with E-state index in [1.807, 2.05) is 13.8 Å². The van der Waals surface area contributed by atoms with Crippen molar-refractivity contribution in [3.63, 3.8) is 0 Å². The molecule has 2 N–H and O–H groups in total. The van der Waals surface area contributed by atoms with Gasteiger partial charge in [0.05, 0.1) is 6.61 Å². The van der Waals surface area contributed by atoms with Crippen LogP contribution in [0.1, 0.15) is 19.4 Å². The van der Waals surface area contributed by atoms with Crippen molar-refractivity contribution in [1.29, 1.82) is 0 Å². The van der Waals surface area contributed by atoms with Gasteiger partial charge in [-0.1, -0.05) is 26.0 Å². The van der Waals surface area contributed by atoms with Gasteiger partial charge in [-0.05, 0) is 17.4 Å². The van der Waals surface area contributed by atoms with Gasteiger partial charge in [0, 0.05) is 12.2 Å². The molecule has 88 valence electrons. The highest BCUT2D eigenvalue weighted by Crippen LogP contribution is 2.07. The molecule has 1 aromatic carbocycles. The average molecular weight is 226 g/mol. The maximum Gasteiger partial charge on any atom is 0.488 e. The third kappa shape index (κ3) is 3.92. The highest BCUT2D eigenvalue weighted by molar-refractivity contribution is 6.58. The average Bonchev–Trinajstić information content (AvgIpc) is 2.19. The summed E-state index contributed by atoms with van der Waals surface area (Å²) in [6.45, 7) is 4.80. The molecule has 0 radical (unpaired) electrons. The number of halogens is 1. The molecule has 0 saturated heterocycles. The monoisotopic (exact) mass is 226 g/mol. The molecule has 0 fully saturated rings. The van der Waals surface area contributed by atoms with E-state index in [4.69, 9.17) is 14.8 Å². The van der Waals surface area contributed by atoms with Crippen molar-refractivity contribution in [3.8, 4) is 0 Å². The van der Waals surface area contributed by atoms with Crippen LogP contribution in [0.5, 0.6) is 0 Å². The lowest BCUT2D eigenvalue weighted by atomic mass is 9.80. The number of hydrogen-bond acceptors (Lipinski definition) is 3. The van der Waals surface area contributed by atoms with Crippen LogP contribution in [-0.4, -0.2) is 23.8 Å². The Morgan fingerprint density at radius 1 is 1.38 bits per heavy atom. The largest absolute Gasteiger partial charge is 0.488 e. The summed E-state index contributed by atoms with van der Waals surface area (Å²) < 4.78 is 18.7. The maximum atomic E-state index is 13.4. The molecule has 0 aliphatic heterocycles. The second-order valence-corrected chi connectivity index (χ2v) is 4.13. The first-order valence-electron chi connectivity index (χ1n) is 5.23. The minimum absolute atomic E-state index is 0.144. The van der Waals surface area contributed by atoms with Crippen LogP contribution in [0.2, 0.25) is 0 Å². The van der Waals surface area contributed by atoms with Crippen LogP contribution in [-0.2, 0) is 11.3 Å². The number of hydrogen-bond donors (Lipinski definition) is 2. The molecule has 0 saturated carbocycles. The molecular formula is C11H16BFO3. The topological polar surface area (TPSA) is 49.7 Å². The van der Waals surface area contributed by atoms with Gasteiger partial charge in [0.25, 0.3) is 0 Å². The van der Waals surface area contributed by atoms with E-state index in [0.29, 0.717) is 18.1 Å². The third-order valence-electron chi connectivity index (χ3n) is 2.08. The Balaban J connectivity index is 2.61. The molecule has 1 rings (SSSR count). The van der Waals surface area contributed by atoms with Crippen molar-refractivity contribution in [2.75, 3.05) is 6.61 Å². The molecule has 0 heterocycles. The Morgan fingerprint density at radius 2 is 2.06 bits per heavy atom. The summed E-state index contributed by atoms with van der Waals surface area (Å²) in [5.74, 6) is -0.0732. The minimum atomic E-state index is -1.64. The van der Waals surface area contributed by atoms with Crippen molar-refractivity contribution in [2.45, 2.75) is 20.5 Å². The SMILES string of the molecule is CC(C)COCc1ccc(B(O)O)cc1F. The van der Waals surface area contributed by atoms with Crippen molar-refractivity contribution in [3.05, 3.63) is 29.6 Å². The lowest BCUT2D eigenvalue weighted by Gasteiger charge is -2.08. The van der Waals surface area contributed by atoms with E-state index in [9.17, 15) is 4.39 Å². The van der Waals surface area contributed by atoms with Crippen molar-refractivity contribution < 1.29 is 19.2 Å². The van der Waals surface area contributed by atoms with Crippen LogP contribution < -0.4 is 5.46 Å². The van der Waals surface area contributed by atoms with Gasteiger partial charge >= 0.3 is 7.12 Å². The van der Waals surface area contributed by atoms with Gasteiger partial charge in [-0.25, -0.2) is 4.39 Å². The molecule has 0 aliphatic carbocycles. The van der Waals surface area contributed by atoms with Crippen molar-refractivity contribution in [1.82, 2.24) is 0 Å². The van der Waals surface area contributed by atoms with E-state index in [2.05, 4.69) is 0 Å². The summed E-state index contributed by atoms with van der Waals surface area (Å²) in [4.78, 5) is 0. The van der Waals surface area contributed by atoms with Crippen LogP contribution in [0.15, 0.2) is 18.2 Å². The Hall–Kier alpha value is -0.905. The molecule has 5 heteroatoms. The van der Waals surface area contributed by atoms with E-state index in [0.717, 1.165) is 6.07 Å². The fourth-order valence-corrected chi connectivity index (χ4v) is 1.25. The van der Waals surface area contributed by atoms with Gasteiger partial charge in [0.15, 0.2) is 0 Å². The zero-order chi connectivity index (χ0) is 12.1. The number of benzene rings is 1. The van der Waals surface area contributed by atoms with Gasteiger partial charge in [0.1, 0.15) is 5.82 Å². The molecule has 0 bridgehead atoms. The normalized spacial score (nSPS) is 10.9. The lowest BCUT2D eigenvalue weighted by Crippen LogP contribution is -2.30. The highest BCUT2D eigenvalue weighted by Gasteiger charge is 2.13. The second-order valence-electron chi connectivity index (χ2n) is 4.13. The zero-order valence-electron chi connectivity index (χ0n) is 9.48. The zero-order valence-corrected chi connectivity index (χ0v) is 9.48. The minimum Gasteiger partial charge on any atom is -0.423 e. The molecule has 0 aromatic heterocycles. The second kappa shape index (κ2) is 5.99. The fourth-order valence-electron chi connectivity index (χ4n) is 1.25. The smallest absolute Gasteiger partial charge is 0.423 e.